The maximum absolute atomic E-state index is 12.1. The molecule has 1 aliphatic rings. The van der Waals surface area contributed by atoms with Crippen molar-refractivity contribution in [3.63, 3.8) is 0 Å². The van der Waals surface area contributed by atoms with E-state index in [2.05, 4.69) is 26.7 Å². The van der Waals surface area contributed by atoms with Gasteiger partial charge in [-0.1, -0.05) is 18.2 Å². The van der Waals surface area contributed by atoms with Gasteiger partial charge in [0.05, 0.1) is 5.52 Å². The fourth-order valence-electron chi connectivity index (χ4n) is 2.99. The third-order valence-electron chi connectivity index (χ3n) is 4.11. The van der Waals surface area contributed by atoms with Crippen molar-refractivity contribution in [3.8, 4) is 11.1 Å². The second kappa shape index (κ2) is 5.78. The molecule has 1 unspecified atom stereocenters. The van der Waals surface area contributed by atoms with Crippen LogP contribution in [0.1, 0.15) is 11.6 Å². The average molecular weight is 304 g/mol. The zero-order valence-electron chi connectivity index (χ0n) is 12.5. The van der Waals surface area contributed by atoms with Crippen molar-refractivity contribution < 1.29 is 4.79 Å². The highest BCUT2D eigenvalue weighted by molar-refractivity contribution is 5.94. The summed E-state index contributed by atoms with van der Waals surface area (Å²) >= 11 is 0. The van der Waals surface area contributed by atoms with Gasteiger partial charge in [0.25, 0.3) is 0 Å². The Balaban J connectivity index is 1.80. The van der Waals surface area contributed by atoms with Crippen molar-refractivity contribution in [1.82, 2.24) is 20.6 Å². The largest absolute Gasteiger partial charge is 0.353 e. The third kappa shape index (κ3) is 2.55. The van der Waals surface area contributed by atoms with E-state index in [-0.39, 0.29) is 11.9 Å². The molecule has 2 aromatic heterocycles. The van der Waals surface area contributed by atoms with Gasteiger partial charge in [-0.2, -0.15) is 0 Å². The average Bonchev–Trinajstić information content (AvgIpc) is 2.62. The number of hydrogen-bond acceptors (Lipinski definition) is 4. The molecule has 5 nitrogen and oxygen atoms in total. The molecule has 1 aliphatic heterocycles. The Morgan fingerprint density at radius 2 is 2.04 bits per heavy atom. The molecule has 1 aromatic carbocycles. The molecule has 3 aromatic rings. The summed E-state index contributed by atoms with van der Waals surface area (Å²) < 4.78 is 0. The molecule has 1 saturated heterocycles. The molecule has 1 fully saturated rings. The van der Waals surface area contributed by atoms with E-state index in [9.17, 15) is 4.79 Å². The van der Waals surface area contributed by atoms with E-state index in [1.807, 2.05) is 36.5 Å². The number of aromatic nitrogens is 2. The van der Waals surface area contributed by atoms with Gasteiger partial charge >= 0.3 is 0 Å². The van der Waals surface area contributed by atoms with Crippen molar-refractivity contribution in [2.75, 3.05) is 13.1 Å². The molecule has 114 valence electrons. The summed E-state index contributed by atoms with van der Waals surface area (Å²) in [6.45, 7) is 1.46. The number of fused-ring (bicyclic) bond motifs is 1. The lowest BCUT2D eigenvalue weighted by atomic mass is 9.97. The molecular weight excluding hydrogens is 288 g/mol. The van der Waals surface area contributed by atoms with Gasteiger partial charge in [-0.15, -0.1) is 0 Å². The summed E-state index contributed by atoms with van der Waals surface area (Å²) in [6.07, 6.45) is 5.37. The van der Waals surface area contributed by atoms with E-state index in [1.54, 1.807) is 12.4 Å². The van der Waals surface area contributed by atoms with Crippen molar-refractivity contribution in [2.45, 2.75) is 6.04 Å². The Bertz CT molecular complexity index is 872. The summed E-state index contributed by atoms with van der Waals surface area (Å²) in [5.41, 5.74) is 4.01. The van der Waals surface area contributed by atoms with Gasteiger partial charge < -0.3 is 10.6 Å². The lowest BCUT2D eigenvalue weighted by Crippen LogP contribution is -2.47. The fourth-order valence-corrected chi connectivity index (χ4v) is 2.99. The van der Waals surface area contributed by atoms with Crippen LogP contribution in [0, 0.1) is 0 Å². The predicted molar refractivity (Wildman–Crippen MR) is 88.7 cm³/mol. The molecule has 1 amide bonds. The van der Waals surface area contributed by atoms with Crippen LogP contribution in [0.25, 0.3) is 22.0 Å². The number of piperazine rings is 1. The zero-order valence-corrected chi connectivity index (χ0v) is 12.5. The highest BCUT2D eigenvalue weighted by Crippen LogP contribution is 2.29. The summed E-state index contributed by atoms with van der Waals surface area (Å²) in [6, 6.07) is 11.7. The Hall–Kier alpha value is -2.79. The van der Waals surface area contributed by atoms with Crippen molar-refractivity contribution in [3.05, 3.63) is 60.6 Å². The van der Waals surface area contributed by atoms with Gasteiger partial charge in [0.1, 0.15) is 6.04 Å². The Morgan fingerprint density at radius 1 is 1.09 bits per heavy atom. The first-order valence-electron chi connectivity index (χ1n) is 7.63. The maximum atomic E-state index is 12.1. The molecule has 5 heteroatoms. The normalized spacial score (nSPS) is 17.9. The van der Waals surface area contributed by atoms with Gasteiger partial charge in [0, 0.05) is 37.1 Å². The number of nitrogens with zero attached hydrogens (tertiary/aromatic N) is 2. The summed E-state index contributed by atoms with van der Waals surface area (Å²) in [4.78, 5) is 20.6. The van der Waals surface area contributed by atoms with Crippen LogP contribution in [-0.2, 0) is 4.79 Å². The SMILES string of the molecule is O=C1NCCNC1c1cccc(-c2ccnc3ccncc23)c1. The van der Waals surface area contributed by atoms with E-state index < -0.39 is 0 Å². The molecule has 0 aliphatic carbocycles. The first kappa shape index (κ1) is 13.8. The van der Waals surface area contributed by atoms with E-state index in [1.165, 1.54) is 0 Å². The Morgan fingerprint density at radius 3 is 2.96 bits per heavy atom. The third-order valence-corrected chi connectivity index (χ3v) is 4.11. The molecule has 2 N–H and O–H groups in total. The van der Waals surface area contributed by atoms with E-state index in [4.69, 9.17) is 0 Å². The smallest absolute Gasteiger partial charge is 0.241 e. The van der Waals surface area contributed by atoms with Crippen LogP contribution < -0.4 is 10.6 Å². The molecule has 4 rings (SSSR count). The minimum absolute atomic E-state index is 0.0228. The van der Waals surface area contributed by atoms with E-state index >= 15 is 0 Å². The summed E-state index contributed by atoms with van der Waals surface area (Å²) in [5.74, 6) is 0.0228. The second-order valence-electron chi connectivity index (χ2n) is 5.55. The van der Waals surface area contributed by atoms with Crippen LogP contribution in [0.2, 0.25) is 0 Å². The minimum Gasteiger partial charge on any atom is -0.353 e. The number of benzene rings is 1. The van der Waals surface area contributed by atoms with Gasteiger partial charge in [-0.05, 0) is 34.9 Å². The van der Waals surface area contributed by atoms with Gasteiger partial charge in [-0.25, -0.2) is 0 Å². The van der Waals surface area contributed by atoms with Gasteiger partial charge in [0.2, 0.25) is 5.91 Å². The summed E-state index contributed by atoms with van der Waals surface area (Å²) in [5, 5.41) is 7.17. The molecule has 3 heterocycles. The first-order valence-corrected chi connectivity index (χ1v) is 7.63. The molecule has 0 radical (unpaired) electrons. The van der Waals surface area contributed by atoms with Crippen LogP contribution >= 0.6 is 0 Å². The number of carbonyl (C=O) groups is 1. The first-order chi connectivity index (χ1) is 11.3. The quantitative estimate of drug-likeness (QED) is 0.760. The molecule has 0 bridgehead atoms. The number of carbonyl (C=O) groups excluding carboxylic acids is 1. The van der Waals surface area contributed by atoms with Crippen LogP contribution in [0.3, 0.4) is 0 Å². The minimum atomic E-state index is -0.296. The van der Waals surface area contributed by atoms with Crippen molar-refractivity contribution in [2.24, 2.45) is 0 Å². The molecule has 0 saturated carbocycles. The lowest BCUT2D eigenvalue weighted by Gasteiger charge is -2.24. The van der Waals surface area contributed by atoms with Crippen LogP contribution in [0.4, 0.5) is 0 Å². The molecule has 1 atom stereocenters. The number of pyridine rings is 2. The predicted octanol–water partition coefficient (Wildman–Crippen LogP) is 2.06. The van der Waals surface area contributed by atoms with Crippen LogP contribution in [0.5, 0.6) is 0 Å². The number of rotatable bonds is 2. The summed E-state index contributed by atoms with van der Waals surface area (Å²) in [7, 11) is 0. The lowest BCUT2D eigenvalue weighted by molar-refractivity contribution is -0.124. The topological polar surface area (TPSA) is 66.9 Å². The van der Waals surface area contributed by atoms with E-state index in [0.29, 0.717) is 6.54 Å². The highest BCUT2D eigenvalue weighted by atomic mass is 16.2. The van der Waals surface area contributed by atoms with Crippen molar-refractivity contribution in [1.29, 1.82) is 0 Å². The molecule has 23 heavy (non-hydrogen) atoms. The molecule has 0 spiro atoms. The highest BCUT2D eigenvalue weighted by Gasteiger charge is 2.23. The fraction of sp³-hybridized carbons (Fsp3) is 0.167. The van der Waals surface area contributed by atoms with Gasteiger partial charge in [-0.3, -0.25) is 14.8 Å². The van der Waals surface area contributed by atoms with Crippen molar-refractivity contribution >= 4 is 16.8 Å². The zero-order chi connectivity index (χ0) is 15.6. The second-order valence-corrected chi connectivity index (χ2v) is 5.55. The Kier molecular flexibility index (Phi) is 3.48. The monoisotopic (exact) mass is 304 g/mol. The van der Waals surface area contributed by atoms with E-state index in [0.717, 1.165) is 34.1 Å². The Labute approximate surface area is 133 Å². The van der Waals surface area contributed by atoms with Crippen LogP contribution in [0.15, 0.2) is 55.0 Å². The van der Waals surface area contributed by atoms with Crippen LogP contribution in [-0.4, -0.2) is 29.0 Å². The number of hydrogen-bond donors (Lipinski definition) is 2. The molecular formula is C18H16N4O. The maximum Gasteiger partial charge on any atom is 0.241 e. The van der Waals surface area contributed by atoms with Gasteiger partial charge in [0.15, 0.2) is 0 Å². The standard InChI is InChI=1S/C18H16N4O/c23-18-17(21-8-9-22-18)13-3-1-2-12(10-13)14-4-7-20-16-5-6-19-11-15(14)16/h1-7,10-11,17,21H,8-9H2,(H,22,23). The number of nitrogens with one attached hydrogen (secondary N) is 2. The number of amides is 1.